The van der Waals surface area contributed by atoms with Gasteiger partial charge in [-0.25, -0.2) is 0 Å². The highest BCUT2D eigenvalue weighted by Gasteiger charge is 2.22. The van der Waals surface area contributed by atoms with Gasteiger partial charge < -0.3 is 14.4 Å². The molecule has 4 rings (SSSR count). The first-order valence-corrected chi connectivity index (χ1v) is 12.4. The van der Waals surface area contributed by atoms with Crippen molar-refractivity contribution >= 4 is 17.5 Å². The van der Waals surface area contributed by atoms with Crippen molar-refractivity contribution in [1.29, 1.82) is 0 Å². The first-order valence-electron chi connectivity index (χ1n) is 12.4. The average Bonchev–Trinajstić information content (AvgIpc) is 2.87. The van der Waals surface area contributed by atoms with Crippen molar-refractivity contribution < 1.29 is 9.59 Å². The van der Waals surface area contributed by atoms with Crippen LogP contribution in [0, 0.1) is 0 Å². The van der Waals surface area contributed by atoms with Crippen LogP contribution in [-0.2, 0) is 24.9 Å². The lowest BCUT2D eigenvalue weighted by molar-refractivity contribution is -0.116. The summed E-state index contributed by atoms with van der Waals surface area (Å²) >= 11 is 0. The number of nitrogens with zero attached hydrogens (tertiary/aromatic N) is 5. The molecule has 0 N–H and O–H groups in total. The SMILES string of the molecule is CC(=O)N1CCCN(Cc2ccccn2)CCCN(C(=O)c2ccc(=O)n(C)c2)Cc2ccccc21. The molecule has 0 saturated heterocycles. The molecule has 0 spiro atoms. The summed E-state index contributed by atoms with van der Waals surface area (Å²) in [6.07, 6.45) is 5.01. The predicted molar refractivity (Wildman–Crippen MR) is 140 cm³/mol. The number of carbonyl (C=O) groups is 2. The van der Waals surface area contributed by atoms with Gasteiger partial charge in [0, 0.05) is 77.4 Å². The third-order valence-corrected chi connectivity index (χ3v) is 6.51. The maximum Gasteiger partial charge on any atom is 0.255 e. The summed E-state index contributed by atoms with van der Waals surface area (Å²) in [4.78, 5) is 48.5. The zero-order valence-corrected chi connectivity index (χ0v) is 21.0. The van der Waals surface area contributed by atoms with Gasteiger partial charge in [0.25, 0.3) is 5.91 Å². The average molecular weight is 488 g/mol. The van der Waals surface area contributed by atoms with Crippen LogP contribution in [0.3, 0.4) is 0 Å². The van der Waals surface area contributed by atoms with Crippen LogP contribution >= 0.6 is 0 Å². The molecule has 0 fully saturated rings. The Morgan fingerprint density at radius 3 is 2.39 bits per heavy atom. The molecule has 188 valence electrons. The first-order chi connectivity index (χ1) is 17.4. The molecule has 0 radical (unpaired) electrons. The van der Waals surface area contributed by atoms with E-state index in [0.29, 0.717) is 31.7 Å². The molecule has 2 amide bonds. The molecule has 36 heavy (non-hydrogen) atoms. The number of hydrogen-bond donors (Lipinski definition) is 0. The van der Waals surface area contributed by atoms with Crippen molar-refractivity contribution in [3.8, 4) is 0 Å². The third kappa shape index (κ3) is 6.26. The summed E-state index contributed by atoms with van der Waals surface area (Å²) in [5.41, 5.74) is 3.07. The number of carbonyl (C=O) groups excluding carboxylic acids is 2. The Kier molecular flexibility index (Phi) is 8.28. The van der Waals surface area contributed by atoms with Gasteiger partial charge in [0.1, 0.15) is 0 Å². The zero-order valence-electron chi connectivity index (χ0n) is 21.0. The van der Waals surface area contributed by atoms with Gasteiger partial charge in [-0.3, -0.25) is 24.3 Å². The fourth-order valence-corrected chi connectivity index (χ4v) is 4.64. The third-order valence-electron chi connectivity index (χ3n) is 6.51. The van der Waals surface area contributed by atoms with Crippen LogP contribution in [0.5, 0.6) is 0 Å². The largest absolute Gasteiger partial charge is 0.334 e. The molecule has 1 aliphatic heterocycles. The van der Waals surface area contributed by atoms with Gasteiger partial charge in [0.15, 0.2) is 0 Å². The van der Waals surface area contributed by atoms with Crippen LogP contribution in [-0.4, -0.2) is 57.3 Å². The van der Waals surface area contributed by atoms with Crippen molar-refractivity contribution in [3.63, 3.8) is 0 Å². The van der Waals surface area contributed by atoms with Gasteiger partial charge in [-0.2, -0.15) is 0 Å². The topological polar surface area (TPSA) is 78.8 Å². The summed E-state index contributed by atoms with van der Waals surface area (Å²) in [5.74, 6) is -0.158. The van der Waals surface area contributed by atoms with E-state index in [1.807, 2.05) is 52.3 Å². The summed E-state index contributed by atoms with van der Waals surface area (Å²) in [7, 11) is 1.64. The maximum absolute atomic E-state index is 13.6. The number of fused-ring (bicyclic) bond motifs is 1. The minimum atomic E-state index is -0.159. The number of hydrogen-bond acceptors (Lipinski definition) is 5. The van der Waals surface area contributed by atoms with Crippen LogP contribution in [0.15, 0.2) is 71.8 Å². The summed E-state index contributed by atoms with van der Waals surface area (Å²) in [6.45, 7) is 5.44. The second-order valence-electron chi connectivity index (χ2n) is 9.20. The van der Waals surface area contributed by atoms with Crippen LogP contribution < -0.4 is 10.5 Å². The Balaban J connectivity index is 1.65. The fraction of sp³-hybridized carbons (Fsp3) is 0.357. The van der Waals surface area contributed by atoms with Crippen LogP contribution in [0.1, 0.15) is 41.4 Å². The predicted octanol–water partition coefficient (Wildman–Crippen LogP) is 3.07. The highest BCUT2D eigenvalue weighted by Crippen LogP contribution is 2.24. The van der Waals surface area contributed by atoms with E-state index < -0.39 is 0 Å². The second kappa shape index (κ2) is 11.8. The molecule has 8 nitrogen and oxygen atoms in total. The lowest BCUT2D eigenvalue weighted by Gasteiger charge is -2.31. The number of amides is 2. The summed E-state index contributed by atoms with van der Waals surface area (Å²) in [5, 5.41) is 0. The normalized spacial score (nSPS) is 15.5. The second-order valence-corrected chi connectivity index (χ2v) is 9.20. The molecule has 0 saturated carbocycles. The van der Waals surface area contributed by atoms with Gasteiger partial charge in [-0.1, -0.05) is 24.3 Å². The quantitative estimate of drug-likeness (QED) is 0.567. The molecule has 1 aliphatic rings. The lowest BCUT2D eigenvalue weighted by Crippen LogP contribution is -2.38. The molecular weight excluding hydrogens is 454 g/mol. The van der Waals surface area contributed by atoms with E-state index in [-0.39, 0.29) is 17.4 Å². The monoisotopic (exact) mass is 487 g/mol. The van der Waals surface area contributed by atoms with Crippen molar-refractivity contribution in [3.05, 3.63) is 94.2 Å². The number of rotatable bonds is 3. The Morgan fingerprint density at radius 2 is 1.67 bits per heavy atom. The Morgan fingerprint density at radius 1 is 0.917 bits per heavy atom. The number of para-hydroxylation sites is 1. The summed E-state index contributed by atoms with van der Waals surface area (Å²) < 4.78 is 1.42. The smallest absolute Gasteiger partial charge is 0.255 e. The first kappa shape index (κ1) is 25.3. The van der Waals surface area contributed by atoms with E-state index in [0.717, 1.165) is 42.9 Å². The molecule has 3 heterocycles. The van der Waals surface area contributed by atoms with Gasteiger partial charge in [0.05, 0.1) is 11.3 Å². The van der Waals surface area contributed by atoms with E-state index in [1.165, 1.54) is 10.6 Å². The molecule has 2 aromatic heterocycles. The Bertz CT molecular complexity index is 1260. The van der Waals surface area contributed by atoms with Crippen LogP contribution in [0.2, 0.25) is 0 Å². The van der Waals surface area contributed by atoms with Crippen molar-refractivity contribution in [1.82, 2.24) is 19.4 Å². The Labute approximate surface area is 211 Å². The minimum absolute atomic E-state index is 0.0216. The van der Waals surface area contributed by atoms with Gasteiger partial charge >= 0.3 is 0 Å². The van der Waals surface area contributed by atoms with Crippen molar-refractivity contribution in [2.45, 2.75) is 32.9 Å². The van der Waals surface area contributed by atoms with Crippen molar-refractivity contribution in [2.75, 3.05) is 31.1 Å². The van der Waals surface area contributed by atoms with E-state index in [1.54, 1.807) is 32.4 Å². The molecule has 3 aromatic rings. The molecule has 0 aliphatic carbocycles. The van der Waals surface area contributed by atoms with Gasteiger partial charge in [-0.05, 0) is 42.7 Å². The van der Waals surface area contributed by atoms with E-state index in [4.69, 9.17) is 0 Å². The Hall–Kier alpha value is -3.78. The zero-order chi connectivity index (χ0) is 25.5. The lowest BCUT2D eigenvalue weighted by atomic mass is 10.1. The summed E-state index contributed by atoms with van der Waals surface area (Å²) in [6, 6.07) is 16.7. The molecule has 8 heteroatoms. The van der Waals surface area contributed by atoms with Crippen LogP contribution in [0.25, 0.3) is 0 Å². The van der Waals surface area contributed by atoms with Gasteiger partial charge in [0.2, 0.25) is 11.5 Å². The van der Waals surface area contributed by atoms with Gasteiger partial charge in [-0.15, -0.1) is 0 Å². The molecule has 0 unspecified atom stereocenters. The fourth-order valence-electron chi connectivity index (χ4n) is 4.64. The minimum Gasteiger partial charge on any atom is -0.334 e. The number of pyridine rings is 2. The van der Waals surface area contributed by atoms with E-state index in [2.05, 4.69) is 9.88 Å². The number of aryl methyl sites for hydroxylation is 1. The number of aromatic nitrogens is 2. The molecule has 0 atom stereocenters. The maximum atomic E-state index is 13.6. The highest BCUT2D eigenvalue weighted by molar-refractivity contribution is 5.94. The number of benzene rings is 1. The standard InChI is InChI=1S/C28H33N5O3/c1-22(34)33-18-8-16-31(21-25-10-5-6-14-29-25)15-7-17-32(20-23-9-3-4-11-26(23)33)28(36)24-12-13-27(35)30(2)19-24/h3-6,9-14,19H,7-8,15-18,20-21H2,1-2H3. The van der Waals surface area contributed by atoms with E-state index in [9.17, 15) is 14.4 Å². The van der Waals surface area contributed by atoms with Crippen LogP contribution in [0.4, 0.5) is 5.69 Å². The highest BCUT2D eigenvalue weighted by atomic mass is 16.2. The molecule has 1 aromatic carbocycles. The van der Waals surface area contributed by atoms with E-state index >= 15 is 0 Å². The number of anilines is 1. The molecular formula is C28H33N5O3. The molecule has 0 bridgehead atoms. The van der Waals surface area contributed by atoms with Crippen molar-refractivity contribution in [2.24, 2.45) is 7.05 Å².